The lowest BCUT2D eigenvalue weighted by atomic mass is 10.1. The van der Waals surface area contributed by atoms with Crippen LogP contribution in [0, 0.1) is 0 Å². The second-order valence-electron chi connectivity index (χ2n) is 4.22. The van der Waals surface area contributed by atoms with Crippen molar-refractivity contribution in [2.75, 3.05) is 0 Å². The van der Waals surface area contributed by atoms with Gasteiger partial charge in [-0.2, -0.15) is 0 Å². The summed E-state index contributed by atoms with van der Waals surface area (Å²) in [6.07, 6.45) is 0. The number of rotatable bonds is 5. The Morgan fingerprint density at radius 3 is 1.95 bits per heavy atom. The molecule has 2 rings (SSSR count). The molecule has 0 aromatic heterocycles. The first-order valence-corrected chi connectivity index (χ1v) is 7.20. The van der Waals surface area contributed by atoms with Gasteiger partial charge in [-0.25, -0.2) is 0 Å². The molecule has 0 heterocycles. The number of carboxylic acid groups (broad SMARTS) is 2. The summed E-state index contributed by atoms with van der Waals surface area (Å²) in [7, 11) is -1.90. The molecule has 0 unspecified atom stereocenters. The highest BCUT2D eigenvalue weighted by Crippen LogP contribution is 2.25. The Balaban J connectivity index is 2.35. The molecular weight excluding hydrogens is 292 g/mol. The standard InChI is InChI=1S/C15H12O5S/c16-14(17)11-6-8-12(9-7-11)21(20)13(15(18)19)10-4-2-1-3-5-10/h1-9,13H,(H,16,17)(H,18,19)/p-2/t13-,21-/m0/s1. The summed E-state index contributed by atoms with van der Waals surface area (Å²) in [5.41, 5.74) is 0.292. The fraction of sp³-hybridized carbons (Fsp3) is 0.0667. The van der Waals surface area contributed by atoms with E-state index in [0.717, 1.165) is 0 Å². The molecule has 21 heavy (non-hydrogen) atoms. The van der Waals surface area contributed by atoms with Crippen LogP contribution in [-0.2, 0) is 15.6 Å². The maximum Gasteiger partial charge on any atom is 0.104 e. The number of hydrogen-bond donors (Lipinski definition) is 0. The van der Waals surface area contributed by atoms with Crippen molar-refractivity contribution >= 4 is 22.7 Å². The molecule has 5 nitrogen and oxygen atoms in total. The molecule has 0 aliphatic carbocycles. The zero-order valence-electron chi connectivity index (χ0n) is 10.7. The molecule has 0 N–H and O–H groups in total. The molecule has 0 aliphatic rings. The van der Waals surface area contributed by atoms with Crippen molar-refractivity contribution in [1.82, 2.24) is 0 Å². The molecule has 2 atom stereocenters. The summed E-state index contributed by atoms with van der Waals surface area (Å²) in [4.78, 5) is 22.1. The lowest BCUT2D eigenvalue weighted by molar-refractivity contribution is -0.305. The highest BCUT2D eigenvalue weighted by molar-refractivity contribution is 7.86. The molecule has 0 saturated heterocycles. The van der Waals surface area contributed by atoms with Crippen LogP contribution in [-0.4, -0.2) is 16.1 Å². The van der Waals surface area contributed by atoms with E-state index in [1.54, 1.807) is 30.3 Å². The van der Waals surface area contributed by atoms with Crippen LogP contribution in [0.15, 0.2) is 59.5 Å². The third kappa shape index (κ3) is 3.35. The Morgan fingerprint density at radius 2 is 1.48 bits per heavy atom. The van der Waals surface area contributed by atoms with Gasteiger partial charge in [-0.3, -0.25) is 4.21 Å². The summed E-state index contributed by atoms with van der Waals surface area (Å²) in [6.45, 7) is 0. The predicted octanol–water partition coefficient (Wildman–Crippen LogP) is -0.351. The van der Waals surface area contributed by atoms with E-state index in [-0.39, 0.29) is 10.5 Å². The molecule has 0 amide bonds. The van der Waals surface area contributed by atoms with Crippen LogP contribution in [0.1, 0.15) is 21.2 Å². The molecule has 0 fully saturated rings. The first-order chi connectivity index (χ1) is 10.0. The van der Waals surface area contributed by atoms with Crippen LogP contribution in [0.3, 0.4) is 0 Å². The van der Waals surface area contributed by atoms with Crippen molar-refractivity contribution in [3.63, 3.8) is 0 Å². The Morgan fingerprint density at radius 1 is 0.905 bits per heavy atom. The lowest BCUT2D eigenvalue weighted by Crippen LogP contribution is -2.32. The first-order valence-electron chi connectivity index (χ1n) is 5.98. The summed E-state index contributed by atoms with van der Waals surface area (Å²) in [5.74, 6) is -2.81. The average molecular weight is 302 g/mol. The Labute approximate surface area is 123 Å². The maximum atomic E-state index is 12.4. The quantitative estimate of drug-likeness (QED) is 0.752. The summed E-state index contributed by atoms with van der Waals surface area (Å²) in [6, 6.07) is 13.2. The largest absolute Gasteiger partial charge is 0.548 e. The smallest absolute Gasteiger partial charge is 0.104 e. The summed E-state index contributed by atoms with van der Waals surface area (Å²) >= 11 is 0. The average Bonchev–Trinajstić information content (AvgIpc) is 2.48. The zero-order valence-corrected chi connectivity index (χ0v) is 11.5. The highest BCUT2D eigenvalue weighted by atomic mass is 32.2. The van der Waals surface area contributed by atoms with Crippen molar-refractivity contribution in [2.24, 2.45) is 0 Å². The van der Waals surface area contributed by atoms with E-state index in [0.29, 0.717) is 5.56 Å². The van der Waals surface area contributed by atoms with Crippen LogP contribution in [0.5, 0.6) is 0 Å². The van der Waals surface area contributed by atoms with Crippen LogP contribution < -0.4 is 10.2 Å². The molecule has 2 aromatic carbocycles. The monoisotopic (exact) mass is 302 g/mol. The molecule has 108 valence electrons. The minimum Gasteiger partial charge on any atom is -0.548 e. The minimum absolute atomic E-state index is 0.0690. The number of benzene rings is 2. The van der Waals surface area contributed by atoms with Crippen LogP contribution >= 0.6 is 0 Å². The van der Waals surface area contributed by atoms with E-state index in [4.69, 9.17) is 0 Å². The van der Waals surface area contributed by atoms with Crippen molar-refractivity contribution in [2.45, 2.75) is 10.1 Å². The van der Waals surface area contributed by atoms with Crippen molar-refractivity contribution in [3.8, 4) is 0 Å². The number of carbonyl (C=O) groups is 2. The molecular formula is C15H10O5S-2. The fourth-order valence-electron chi connectivity index (χ4n) is 1.84. The third-order valence-electron chi connectivity index (χ3n) is 2.85. The molecule has 6 heteroatoms. The number of carboxylic acids is 2. The second kappa shape index (κ2) is 6.32. The Hall–Kier alpha value is -2.47. The van der Waals surface area contributed by atoms with E-state index in [2.05, 4.69) is 0 Å². The van der Waals surface area contributed by atoms with E-state index in [1.807, 2.05) is 0 Å². The molecule has 2 aromatic rings. The third-order valence-corrected chi connectivity index (χ3v) is 4.48. The zero-order chi connectivity index (χ0) is 15.4. The van der Waals surface area contributed by atoms with Crippen LogP contribution in [0.4, 0.5) is 0 Å². The number of hydrogen-bond acceptors (Lipinski definition) is 5. The topological polar surface area (TPSA) is 97.3 Å². The van der Waals surface area contributed by atoms with Crippen LogP contribution in [0.25, 0.3) is 0 Å². The van der Waals surface area contributed by atoms with Gasteiger partial charge in [0.15, 0.2) is 0 Å². The number of aliphatic carboxylic acids is 1. The van der Waals surface area contributed by atoms with Gasteiger partial charge >= 0.3 is 0 Å². The molecule has 0 radical (unpaired) electrons. The van der Waals surface area contributed by atoms with E-state index in [1.165, 1.54) is 24.3 Å². The van der Waals surface area contributed by atoms with Crippen molar-refractivity contribution in [3.05, 3.63) is 65.7 Å². The first kappa shape index (κ1) is 14.9. The Kier molecular flexibility index (Phi) is 4.49. The predicted molar refractivity (Wildman–Crippen MR) is 71.4 cm³/mol. The SMILES string of the molecule is O=C([O-])c1ccc([S@](=O)[C@H](C(=O)[O-])c2ccccc2)cc1. The van der Waals surface area contributed by atoms with Gasteiger partial charge in [0.1, 0.15) is 5.25 Å². The van der Waals surface area contributed by atoms with E-state index in [9.17, 15) is 24.0 Å². The highest BCUT2D eigenvalue weighted by Gasteiger charge is 2.21. The lowest BCUT2D eigenvalue weighted by Gasteiger charge is -2.18. The van der Waals surface area contributed by atoms with Gasteiger partial charge in [0.25, 0.3) is 0 Å². The van der Waals surface area contributed by atoms with E-state index < -0.39 is 28.0 Å². The molecule has 0 saturated carbocycles. The van der Waals surface area contributed by atoms with Gasteiger partial charge in [-0.05, 0) is 23.3 Å². The Bertz CT molecular complexity index is 679. The normalized spacial score (nSPS) is 13.3. The second-order valence-corrected chi connectivity index (χ2v) is 5.76. The summed E-state index contributed by atoms with van der Waals surface area (Å²) < 4.78 is 12.4. The van der Waals surface area contributed by atoms with E-state index >= 15 is 0 Å². The molecule has 0 aliphatic heterocycles. The fourth-order valence-corrected chi connectivity index (χ4v) is 3.09. The van der Waals surface area contributed by atoms with Crippen molar-refractivity contribution in [1.29, 1.82) is 0 Å². The van der Waals surface area contributed by atoms with Crippen molar-refractivity contribution < 1.29 is 24.0 Å². The summed E-state index contributed by atoms with van der Waals surface area (Å²) in [5, 5.41) is 20.6. The van der Waals surface area contributed by atoms with Gasteiger partial charge in [-0.15, -0.1) is 0 Å². The minimum atomic E-state index is -1.90. The molecule has 0 spiro atoms. The van der Waals surface area contributed by atoms with Gasteiger partial charge in [-0.1, -0.05) is 42.5 Å². The molecule has 0 bridgehead atoms. The van der Waals surface area contributed by atoms with Crippen LogP contribution in [0.2, 0.25) is 0 Å². The number of carbonyl (C=O) groups excluding carboxylic acids is 2. The number of aromatic carboxylic acids is 1. The van der Waals surface area contributed by atoms with Gasteiger partial charge in [0.2, 0.25) is 0 Å². The van der Waals surface area contributed by atoms with Gasteiger partial charge in [0.05, 0.1) is 22.7 Å². The van der Waals surface area contributed by atoms with Gasteiger partial charge < -0.3 is 19.8 Å². The maximum absolute atomic E-state index is 12.4. The van der Waals surface area contributed by atoms with Gasteiger partial charge in [0, 0.05) is 4.90 Å².